The Labute approximate surface area is 240 Å². The lowest BCUT2D eigenvalue weighted by Crippen LogP contribution is -2.39. The highest BCUT2D eigenvalue weighted by Gasteiger charge is 2.33. The van der Waals surface area contributed by atoms with Gasteiger partial charge in [0.15, 0.2) is 4.80 Å². The van der Waals surface area contributed by atoms with Crippen molar-refractivity contribution >= 4 is 23.4 Å². The predicted octanol–water partition coefficient (Wildman–Crippen LogP) is 4.92. The van der Waals surface area contributed by atoms with Crippen LogP contribution in [0.1, 0.15) is 43.5 Å². The van der Waals surface area contributed by atoms with Gasteiger partial charge in [0.05, 0.1) is 35.1 Å². The predicted molar refractivity (Wildman–Crippen MR) is 155 cm³/mol. The number of carbonyl (C=O) groups excluding carboxylic acids is 1. The molecule has 0 unspecified atom stereocenters. The molecule has 2 heterocycles. The average Bonchev–Trinajstić information content (AvgIpc) is 3.26. The topological polar surface area (TPSA) is 79.1 Å². The number of carbonyl (C=O) groups is 1. The van der Waals surface area contributed by atoms with Crippen LogP contribution in [0.25, 0.3) is 6.08 Å². The van der Waals surface area contributed by atoms with Gasteiger partial charge in [-0.3, -0.25) is 9.36 Å². The number of benzene rings is 3. The molecule has 0 amide bonds. The van der Waals surface area contributed by atoms with E-state index in [1.54, 1.807) is 54.8 Å². The molecule has 0 radical (unpaired) electrons. The highest BCUT2D eigenvalue weighted by Crippen LogP contribution is 2.31. The van der Waals surface area contributed by atoms with E-state index in [1.165, 1.54) is 17.4 Å². The maximum Gasteiger partial charge on any atom is 0.338 e. The number of hydrogen-bond donors (Lipinski definition) is 0. The monoisotopic (exact) mass is 572 g/mol. The third kappa shape index (κ3) is 6.00. The van der Waals surface area contributed by atoms with E-state index in [0.717, 1.165) is 11.1 Å². The van der Waals surface area contributed by atoms with Gasteiger partial charge >= 0.3 is 5.97 Å². The second kappa shape index (κ2) is 12.3. The number of esters is 1. The Balaban J connectivity index is 1.54. The van der Waals surface area contributed by atoms with Crippen molar-refractivity contribution in [1.82, 2.24) is 4.57 Å². The van der Waals surface area contributed by atoms with Gasteiger partial charge in [-0.15, -0.1) is 0 Å². The molecule has 9 heteroatoms. The second-order valence-corrected chi connectivity index (χ2v) is 10.3. The highest BCUT2D eigenvalue weighted by molar-refractivity contribution is 7.07. The van der Waals surface area contributed by atoms with Gasteiger partial charge < -0.3 is 14.2 Å². The number of thiazole rings is 1. The van der Waals surface area contributed by atoms with Crippen LogP contribution in [-0.2, 0) is 16.1 Å². The van der Waals surface area contributed by atoms with Crippen LogP contribution >= 0.6 is 11.3 Å². The van der Waals surface area contributed by atoms with E-state index in [0.29, 0.717) is 44.3 Å². The fraction of sp³-hybridized carbons (Fsp3) is 0.219. The Hall–Kier alpha value is -4.50. The summed E-state index contributed by atoms with van der Waals surface area (Å²) < 4.78 is 32.8. The van der Waals surface area contributed by atoms with Gasteiger partial charge in [-0.2, -0.15) is 0 Å². The average molecular weight is 573 g/mol. The molecule has 0 bridgehead atoms. The van der Waals surface area contributed by atoms with Crippen LogP contribution in [0.5, 0.6) is 11.5 Å². The minimum Gasteiger partial charge on any atom is -0.494 e. The molecule has 0 saturated carbocycles. The molecule has 1 atom stereocenters. The summed E-state index contributed by atoms with van der Waals surface area (Å²) in [7, 11) is 0. The third-order valence-corrected chi connectivity index (χ3v) is 7.51. The molecule has 1 aliphatic heterocycles. The molecule has 3 aromatic carbocycles. The smallest absolute Gasteiger partial charge is 0.338 e. The first kappa shape index (κ1) is 28.0. The van der Waals surface area contributed by atoms with Crippen molar-refractivity contribution in [1.29, 1.82) is 0 Å². The molecule has 41 heavy (non-hydrogen) atoms. The van der Waals surface area contributed by atoms with Crippen molar-refractivity contribution < 1.29 is 23.4 Å². The minimum atomic E-state index is -0.710. The van der Waals surface area contributed by atoms with Crippen LogP contribution in [0.2, 0.25) is 0 Å². The van der Waals surface area contributed by atoms with E-state index in [2.05, 4.69) is 4.99 Å². The van der Waals surface area contributed by atoms with Crippen molar-refractivity contribution in [3.63, 3.8) is 0 Å². The van der Waals surface area contributed by atoms with Gasteiger partial charge in [0.2, 0.25) is 0 Å². The molecular weight excluding hydrogens is 543 g/mol. The molecular formula is C32H29FN2O5S. The highest BCUT2D eigenvalue weighted by atomic mass is 32.1. The van der Waals surface area contributed by atoms with Crippen molar-refractivity contribution in [2.45, 2.75) is 33.4 Å². The van der Waals surface area contributed by atoms with Gasteiger partial charge in [0.1, 0.15) is 23.9 Å². The van der Waals surface area contributed by atoms with Crippen LogP contribution in [0.3, 0.4) is 0 Å². The van der Waals surface area contributed by atoms with Crippen LogP contribution in [0.4, 0.5) is 4.39 Å². The van der Waals surface area contributed by atoms with Crippen LogP contribution in [0, 0.1) is 5.82 Å². The van der Waals surface area contributed by atoms with Crippen molar-refractivity contribution in [2.75, 3.05) is 13.2 Å². The molecule has 5 rings (SSSR count). The van der Waals surface area contributed by atoms with Crippen LogP contribution < -0.4 is 24.4 Å². The molecule has 0 fully saturated rings. The van der Waals surface area contributed by atoms with Crippen molar-refractivity contribution in [3.05, 3.63) is 126 Å². The molecule has 0 spiro atoms. The molecule has 0 N–H and O–H groups in total. The molecule has 4 aromatic rings. The summed E-state index contributed by atoms with van der Waals surface area (Å²) in [5, 5.41) is 0. The summed E-state index contributed by atoms with van der Waals surface area (Å²) in [5.41, 5.74) is 2.47. The lowest BCUT2D eigenvalue weighted by atomic mass is 9.96. The van der Waals surface area contributed by atoms with E-state index < -0.39 is 12.0 Å². The van der Waals surface area contributed by atoms with Crippen LogP contribution in [0.15, 0.2) is 93.9 Å². The van der Waals surface area contributed by atoms with Gasteiger partial charge in [0, 0.05) is 5.56 Å². The maximum atomic E-state index is 14.0. The lowest BCUT2D eigenvalue weighted by molar-refractivity contribution is -0.139. The van der Waals surface area contributed by atoms with E-state index in [4.69, 9.17) is 14.2 Å². The summed E-state index contributed by atoms with van der Waals surface area (Å²) in [6.45, 7) is 6.20. The molecule has 7 nitrogen and oxygen atoms in total. The normalized spacial score (nSPS) is 14.8. The third-order valence-electron chi connectivity index (χ3n) is 6.53. The summed E-state index contributed by atoms with van der Waals surface area (Å²) >= 11 is 1.24. The molecule has 1 aliphatic rings. The maximum absolute atomic E-state index is 14.0. The molecule has 0 saturated heterocycles. The number of hydrogen-bond acceptors (Lipinski definition) is 7. The van der Waals surface area contributed by atoms with E-state index in [-0.39, 0.29) is 24.6 Å². The Morgan fingerprint density at radius 2 is 1.78 bits per heavy atom. The zero-order valence-corrected chi connectivity index (χ0v) is 23.7. The van der Waals surface area contributed by atoms with E-state index >= 15 is 0 Å². The number of fused-ring (bicyclic) bond motifs is 1. The lowest BCUT2D eigenvalue weighted by Gasteiger charge is -2.24. The Morgan fingerprint density at radius 1 is 1.00 bits per heavy atom. The van der Waals surface area contributed by atoms with Gasteiger partial charge in [-0.25, -0.2) is 14.2 Å². The minimum absolute atomic E-state index is 0.0797. The first-order chi connectivity index (χ1) is 19.9. The first-order valence-corrected chi connectivity index (χ1v) is 14.1. The standard InChI is InChI=1S/C32H29FN2O5S/c1-4-38-24-15-13-22(14-16-24)29-28(31(37)39-5-2)20(3)34-32-35(29)30(36)27(41-32)18-21-9-8-11-25(17-21)40-19-23-10-6-7-12-26(23)33/h6-18,29H,4-5,19H2,1-3H3/b27-18-/t29-/m0/s1. The van der Waals surface area contributed by atoms with E-state index in [9.17, 15) is 14.0 Å². The Morgan fingerprint density at radius 3 is 2.51 bits per heavy atom. The van der Waals surface area contributed by atoms with Crippen molar-refractivity contribution in [2.24, 2.45) is 4.99 Å². The summed E-state index contributed by atoms with van der Waals surface area (Å²) in [6.07, 6.45) is 1.76. The number of ether oxygens (including phenoxy) is 3. The Bertz CT molecular complexity index is 1790. The Kier molecular flexibility index (Phi) is 8.45. The molecule has 210 valence electrons. The fourth-order valence-electron chi connectivity index (χ4n) is 4.64. The number of aromatic nitrogens is 1. The number of allylic oxidation sites excluding steroid dienone is 1. The van der Waals surface area contributed by atoms with Crippen molar-refractivity contribution in [3.8, 4) is 11.5 Å². The molecule has 1 aromatic heterocycles. The van der Waals surface area contributed by atoms with Crippen LogP contribution in [-0.4, -0.2) is 23.8 Å². The fourth-order valence-corrected chi connectivity index (χ4v) is 5.69. The summed E-state index contributed by atoms with van der Waals surface area (Å²) in [4.78, 5) is 32.0. The van der Waals surface area contributed by atoms with Gasteiger partial charge in [-0.1, -0.05) is 53.8 Å². The quantitative estimate of drug-likeness (QED) is 0.266. The zero-order chi connectivity index (χ0) is 28.9. The van der Waals surface area contributed by atoms with Gasteiger partial charge in [-0.05, 0) is 68.3 Å². The van der Waals surface area contributed by atoms with E-state index in [1.807, 2.05) is 43.3 Å². The molecule has 0 aliphatic carbocycles. The largest absolute Gasteiger partial charge is 0.494 e. The second-order valence-electron chi connectivity index (χ2n) is 9.26. The number of halogens is 1. The first-order valence-electron chi connectivity index (χ1n) is 13.3. The summed E-state index contributed by atoms with van der Waals surface area (Å²) in [6, 6.07) is 20.3. The van der Waals surface area contributed by atoms with Gasteiger partial charge in [0.25, 0.3) is 5.56 Å². The number of nitrogens with zero attached hydrogens (tertiary/aromatic N) is 2. The summed E-state index contributed by atoms with van der Waals surface area (Å²) in [5.74, 6) is 0.396. The number of rotatable bonds is 9. The SMILES string of the molecule is CCOC(=O)C1=C(C)N=c2s/c(=C\c3cccc(OCc4ccccc4F)c3)c(=O)n2[C@H]1c1ccc(OCC)cc1. The zero-order valence-electron chi connectivity index (χ0n) is 22.9.